The predicted octanol–water partition coefficient (Wildman–Crippen LogP) is 10.8. The first-order valence-corrected chi connectivity index (χ1v) is 26.3. The third-order valence-electron chi connectivity index (χ3n) is 14.5. The highest BCUT2D eigenvalue weighted by molar-refractivity contribution is 6.03. The Hall–Kier alpha value is -8.43. The zero-order chi connectivity index (χ0) is 59.5. The van der Waals surface area contributed by atoms with Crippen LogP contribution in [0.5, 0.6) is 23.0 Å². The number of ether oxygens (including phenoxy) is 5. The van der Waals surface area contributed by atoms with E-state index in [-0.39, 0.29) is 74.8 Å². The molecule has 0 fully saturated rings. The van der Waals surface area contributed by atoms with Gasteiger partial charge in [0.1, 0.15) is 28.6 Å². The average molecular weight is 1140 g/mol. The number of aliphatic hydroxyl groups excluding tert-OH is 1. The Bertz CT molecular complexity index is 3230. The van der Waals surface area contributed by atoms with Gasteiger partial charge in [-0.25, -0.2) is 4.79 Å². The molecule has 8 rings (SSSR count). The fraction of sp³-hybridized carbons (Fsp3) is 0.328. The summed E-state index contributed by atoms with van der Waals surface area (Å²) in [5, 5.41) is 16.9. The number of rotatable bonds is 20. The SMILES string of the molecule is CCN(C(=O)C(F)(F)F)c1cc2c(cc1C)C1(OC(=O)c3cc(C(=O)NCCCCCC(=O)NC(OC(c4ccccc4)(c4ccc(OC)cc4)c4ccc(OC)cc4)C(C)O)ccc31)c1cc(C)c(N(CC)C(=O)C(F)(F)F)cc1O2. The number of amides is 4. The number of anilines is 2. The van der Waals surface area contributed by atoms with Crippen molar-refractivity contribution < 1.29 is 79.1 Å². The normalized spacial score (nSPS) is 14.0. The predicted molar refractivity (Wildman–Crippen MR) is 290 cm³/mol. The summed E-state index contributed by atoms with van der Waals surface area (Å²) in [4.78, 5) is 67.7. The molecule has 0 saturated carbocycles. The Morgan fingerprint density at radius 2 is 1.16 bits per heavy atom. The molecular weight excluding hydrogens is 1080 g/mol. The molecule has 82 heavy (non-hydrogen) atoms. The number of esters is 1. The van der Waals surface area contributed by atoms with Crippen LogP contribution in [0.2, 0.25) is 0 Å². The molecular formula is C61H60F6N4O11. The topological polar surface area (TPSA) is 182 Å². The number of carbonyl (C=O) groups excluding carboxylic acids is 5. The van der Waals surface area contributed by atoms with E-state index in [4.69, 9.17) is 23.7 Å². The molecule has 1 spiro atoms. The molecule has 2 aliphatic heterocycles. The second-order valence-corrected chi connectivity index (χ2v) is 19.7. The van der Waals surface area contributed by atoms with Crippen molar-refractivity contribution in [3.8, 4) is 23.0 Å². The number of aryl methyl sites for hydroxylation is 2. The number of nitrogens with zero attached hydrogens (tertiary/aromatic N) is 2. The van der Waals surface area contributed by atoms with Crippen molar-refractivity contribution in [3.05, 3.63) is 177 Å². The minimum Gasteiger partial charge on any atom is -0.497 e. The quantitative estimate of drug-likeness (QED) is 0.0217. The first-order chi connectivity index (χ1) is 38.9. The van der Waals surface area contributed by atoms with Crippen molar-refractivity contribution >= 4 is 41.0 Å². The van der Waals surface area contributed by atoms with Gasteiger partial charge in [-0.3, -0.25) is 19.2 Å². The maximum Gasteiger partial charge on any atom is 0.471 e. The molecule has 2 atom stereocenters. The van der Waals surface area contributed by atoms with E-state index in [0.29, 0.717) is 57.3 Å². The Morgan fingerprint density at radius 1 is 0.659 bits per heavy atom. The van der Waals surface area contributed by atoms with Crippen molar-refractivity contribution in [2.75, 3.05) is 43.7 Å². The van der Waals surface area contributed by atoms with Crippen LogP contribution in [0, 0.1) is 13.8 Å². The number of unbranched alkanes of at least 4 members (excludes halogenated alkanes) is 2. The summed E-state index contributed by atoms with van der Waals surface area (Å²) < 4.78 is 113. The van der Waals surface area contributed by atoms with Crippen molar-refractivity contribution in [2.24, 2.45) is 0 Å². The third-order valence-corrected chi connectivity index (χ3v) is 14.5. The molecule has 0 aromatic heterocycles. The van der Waals surface area contributed by atoms with Gasteiger partial charge in [-0.05, 0) is 124 Å². The van der Waals surface area contributed by atoms with E-state index < -0.39 is 78.6 Å². The summed E-state index contributed by atoms with van der Waals surface area (Å²) >= 11 is 0. The number of aliphatic hydroxyl groups is 1. The van der Waals surface area contributed by atoms with E-state index in [1.165, 1.54) is 65.0 Å². The Kier molecular flexibility index (Phi) is 17.4. The first kappa shape index (κ1) is 59.7. The van der Waals surface area contributed by atoms with Crippen molar-refractivity contribution in [2.45, 2.75) is 96.2 Å². The van der Waals surface area contributed by atoms with Crippen LogP contribution in [-0.2, 0) is 35.1 Å². The molecule has 6 aromatic rings. The summed E-state index contributed by atoms with van der Waals surface area (Å²) in [5.41, 5.74) is -1.06. The summed E-state index contributed by atoms with van der Waals surface area (Å²) in [6.45, 7) is 6.36. The van der Waals surface area contributed by atoms with Crippen LogP contribution in [0.4, 0.5) is 37.7 Å². The zero-order valence-corrected chi connectivity index (χ0v) is 45.8. The molecule has 2 heterocycles. The molecule has 0 radical (unpaired) electrons. The van der Waals surface area contributed by atoms with Gasteiger partial charge in [0.05, 0.1) is 37.3 Å². The summed E-state index contributed by atoms with van der Waals surface area (Å²) in [7, 11) is 3.12. The standard InChI is InChI=1S/C61H60F6N4O11/c1-8-70(56(76)60(62,63)64)48-33-50-46(30-35(48)3)59(47-31-36(4)49(34-51(47)80-50)71(9-2)57(77)61(65,66)67)45-28-19-38(32-44(45)55(75)82-59)53(74)68-29-15-11-14-18-52(73)69-54(37(5)72)81-58(39-16-12-10-13-17-39,40-20-24-42(78-6)25-21-40)41-22-26-43(79-7)27-23-41/h10,12-13,16-17,19-28,30-34,37,54,72H,8-9,11,14-15,18,29H2,1-7H3,(H,68,74)(H,69,73). The molecule has 0 saturated heterocycles. The molecule has 2 aliphatic rings. The van der Waals surface area contributed by atoms with Crippen molar-refractivity contribution in [1.29, 1.82) is 0 Å². The number of halogens is 6. The van der Waals surface area contributed by atoms with Crippen LogP contribution >= 0.6 is 0 Å². The van der Waals surface area contributed by atoms with Gasteiger partial charge in [0.15, 0.2) is 11.8 Å². The fourth-order valence-corrected chi connectivity index (χ4v) is 10.5. The zero-order valence-electron chi connectivity index (χ0n) is 45.8. The lowest BCUT2D eigenvalue weighted by molar-refractivity contribution is -0.170. The van der Waals surface area contributed by atoms with E-state index in [1.54, 1.807) is 38.5 Å². The summed E-state index contributed by atoms with van der Waals surface area (Å²) in [6, 6.07) is 33.3. The van der Waals surface area contributed by atoms with Crippen molar-refractivity contribution in [1.82, 2.24) is 10.6 Å². The molecule has 0 aliphatic carbocycles. The van der Waals surface area contributed by atoms with Gasteiger partial charge in [0.25, 0.3) is 5.91 Å². The first-order valence-electron chi connectivity index (χ1n) is 26.3. The van der Waals surface area contributed by atoms with Gasteiger partial charge in [0.2, 0.25) is 5.91 Å². The number of methoxy groups -OCH3 is 2. The number of fused-ring (bicyclic) bond motifs is 6. The van der Waals surface area contributed by atoms with Crippen molar-refractivity contribution in [3.63, 3.8) is 0 Å². The summed E-state index contributed by atoms with van der Waals surface area (Å²) in [5.74, 6) is -5.45. The lowest BCUT2D eigenvalue weighted by Gasteiger charge is -2.40. The third kappa shape index (κ3) is 11.6. The van der Waals surface area contributed by atoms with Gasteiger partial charge in [-0.2, -0.15) is 26.3 Å². The van der Waals surface area contributed by atoms with E-state index in [2.05, 4.69) is 10.6 Å². The number of benzene rings is 6. The van der Waals surface area contributed by atoms with Gasteiger partial charge >= 0.3 is 30.1 Å². The van der Waals surface area contributed by atoms with Crippen LogP contribution < -0.4 is 34.6 Å². The van der Waals surface area contributed by atoms with E-state index >= 15 is 0 Å². The average Bonchev–Trinajstić information content (AvgIpc) is 1.86. The number of hydrogen-bond donors (Lipinski definition) is 3. The Balaban J connectivity index is 0.992. The largest absolute Gasteiger partial charge is 0.497 e. The lowest BCUT2D eigenvalue weighted by atomic mass is 9.76. The monoisotopic (exact) mass is 1140 g/mol. The maximum absolute atomic E-state index is 14.1. The molecule has 0 bridgehead atoms. The second kappa shape index (κ2) is 24.0. The van der Waals surface area contributed by atoms with E-state index in [0.717, 1.165) is 12.1 Å². The minimum absolute atomic E-state index is 0.0443. The maximum atomic E-state index is 14.1. The van der Waals surface area contributed by atoms with Gasteiger partial charge in [0, 0.05) is 60.4 Å². The number of alkyl halides is 6. The molecule has 2 unspecified atom stereocenters. The van der Waals surface area contributed by atoms with Crippen LogP contribution in [-0.4, -0.2) is 93.2 Å². The lowest BCUT2D eigenvalue weighted by Crippen LogP contribution is -2.50. The second-order valence-electron chi connectivity index (χ2n) is 19.7. The minimum atomic E-state index is -5.27. The fourth-order valence-electron chi connectivity index (χ4n) is 10.5. The van der Waals surface area contributed by atoms with Crippen LogP contribution in [0.3, 0.4) is 0 Å². The highest BCUT2D eigenvalue weighted by Crippen LogP contribution is 2.58. The molecule has 3 N–H and O–H groups in total. The van der Waals surface area contributed by atoms with E-state index in [9.17, 15) is 55.4 Å². The molecule has 6 aromatic carbocycles. The smallest absolute Gasteiger partial charge is 0.471 e. The molecule has 15 nitrogen and oxygen atoms in total. The Labute approximate surface area is 469 Å². The highest BCUT2D eigenvalue weighted by Gasteiger charge is 2.55. The number of nitrogens with one attached hydrogen (secondary N) is 2. The molecule has 432 valence electrons. The van der Waals surface area contributed by atoms with E-state index in [1.807, 2.05) is 54.6 Å². The van der Waals surface area contributed by atoms with Crippen LogP contribution in [0.1, 0.15) is 112 Å². The van der Waals surface area contributed by atoms with Crippen LogP contribution in [0.25, 0.3) is 0 Å². The Morgan fingerprint density at radius 3 is 1.62 bits per heavy atom. The summed E-state index contributed by atoms with van der Waals surface area (Å²) in [6.07, 6.45) is -11.6. The number of carbonyl (C=O) groups is 5. The van der Waals surface area contributed by atoms with Gasteiger partial charge in [-0.15, -0.1) is 0 Å². The van der Waals surface area contributed by atoms with Gasteiger partial charge < -0.3 is 49.2 Å². The van der Waals surface area contributed by atoms with Gasteiger partial charge in [-0.1, -0.05) is 67.1 Å². The molecule has 4 amide bonds. The highest BCUT2D eigenvalue weighted by atomic mass is 19.4. The number of hydrogen-bond acceptors (Lipinski definition) is 11. The molecule has 21 heteroatoms. The van der Waals surface area contributed by atoms with Crippen LogP contribution in [0.15, 0.2) is 121 Å².